The molecule has 0 amide bonds. The summed E-state index contributed by atoms with van der Waals surface area (Å²) < 4.78 is 3.88. The van der Waals surface area contributed by atoms with Crippen LogP contribution in [-0.2, 0) is 12.8 Å². The summed E-state index contributed by atoms with van der Waals surface area (Å²) in [7, 11) is 0. The van der Waals surface area contributed by atoms with Gasteiger partial charge in [0.1, 0.15) is 0 Å². The lowest BCUT2D eigenvalue weighted by atomic mass is 10.1. The molecule has 3 nitrogen and oxygen atoms in total. The number of aromatic nitrogens is 3. The number of hydrogen-bond donors (Lipinski definition) is 1. The zero-order valence-corrected chi connectivity index (χ0v) is 13.0. The molecule has 2 heterocycles. The lowest BCUT2D eigenvalue weighted by molar-refractivity contribution is 0.534. The largest absolute Gasteiger partial charge is 0.329 e. The highest BCUT2D eigenvalue weighted by atomic mass is 79.9. The molecule has 5 heteroatoms. The Morgan fingerprint density at radius 2 is 1.95 bits per heavy atom. The molecule has 1 aliphatic rings. The summed E-state index contributed by atoms with van der Waals surface area (Å²) in [4.78, 5) is 7.78. The smallest absolute Gasteiger partial charge is 0.179 e. The predicted octanol–water partition coefficient (Wildman–Crippen LogP) is 4.20. The fraction of sp³-hybridized carbons (Fsp3) is 0.200. The minimum atomic E-state index is 0.363. The number of halogens is 1. The van der Waals surface area contributed by atoms with Gasteiger partial charge < -0.3 is 4.98 Å². The molecular weight excluding hydrogens is 334 g/mol. The Kier molecular flexibility index (Phi) is 2.79. The van der Waals surface area contributed by atoms with Gasteiger partial charge >= 0.3 is 0 Å². The standard InChI is InChI=1S/C15H12BrN3S/c16-11-7-13-14(17-8-11)19(15(20)18-13)12-5-9-3-1-2-4-10(9)6-12/h1-4,7-8,12H,5-6H2,(H,18,20). The number of H-pyrrole nitrogens is 1. The van der Waals surface area contributed by atoms with Crippen molar-refractivity contribution in [2.75, 3.05) is 0 Å². The van der Waals surface area contributed by atoms with E-state index in [2.05, 4.69) is 54.7 Å². The van der Waals surface area contributed by atoms with Crippen molar-refractivity contribution < 1.29 is 0 Å². The molecule has 0 fully saturated rings. The molecule has 0 saturated heterocycles. The number of nitrogens with zero attached hydrogens (tertiary/aromatic N) is 2. The van der Waals surface area contributed by atoms with Crippen LogP contribution in [0.4, 0.5) is 0 Å². The van der Waals surface area contributed by atoms with E-state index < -0.39 is 0 Å². The van der Waals surface area contributed by atoms with Gasteiger partial charge in [-0.05, 0) is 58.2 Å². The molecule has 3 aromatic rings. The lowest BCUT2D eigenvalue weighted by Gasteiger charge is -2.11. The first-order chi connectivity index (χ1) is 9.72. The van der Waals surface area contributed by atoms with Crippen LogP contribution in [0.3, 0.4) is 0 Å². The first kappa shape index (κ1) is 12.3. The summed E-state index contributed by atoms with van der Waals surface area (Å²) in [6.07, 6.45) is 3.87. The maximum atomic E-state index is 5.50. The van der Waals surface area contributed by atoms with E-state index in [0.29, 0.717) is 6.04 Å². The Morgan fingerprint density at radius 1 is 1.25 bits per heavy atom. The second-order valence-electron chi connectivity index (χ2n) is 5.16. The molecule has 20 heavy (non-hydrogen) atoms. The quantitative estimate of drug-likeness (QED) is 0.670. The van der Waals surface area contributed by atoms with Gasteiger partial charge in [0.05, 0.1) is 5.52 Å². The third kappa shape index (κ3) is 1.84. The first-order valence-electron chi connectivity index (χ1n) is 6.55. The van der Waals surface area contributed by atoms with Crippen molar-refractivity contribution >= 4 is 39.3 Å². The minimum absolute atomic E-state index is 0.363. The maximum absolute atomic E-state index is 5.50. The molecule has 0 spiro atoms. The van der Waals surface area contributed by atoms with Crippen LogP contribution in [0.1, 0.15) is 17.2 Å². The number of hydrogen-bond acceptors (Lipinski definition) is 2. The van der Waals surface area contributed by atoms with E-state index in [0.717, 1.165) is 33.2 Å². The van der Waals surface area contributed by atoms with Gasteiger partial charge in [-0.15, -0.1) is 0 Å². The summed E-state index contributed by atoms with van der Waals surface area (Å²) >= 11 is 8.94. The lowest BCUT2D eigenvalue weighted by Crippen LogP contribution is -2.09. The molecule has 0 saturated carbocycles. The average molecular weight is 346 g/mol. The van der Waals surface area contributed by atoms with Gasteiger partial charge in [-0.25, -0.2) is 4.98 Å². The molecule has 1 aliphatic carbocycles. The maximum Gasteiger partial charge on any atom is 0.179 e. The Morgan fingerprint density at radius 3 is 2.65 bits per heavy atom. The molecule has 4 rings (SSSR count). The van der Waals surface area contributed by atoms with E-state index in [9.17, 15) is 0 Å². The van der Waals surface area contributed by atoms with Crippen molar-refractivity contribution in [2.24, 2.45) is 0 Å². The molecule has 0 radical (unpaired) electrons. The highest BCUT2D eigenvalue weighted by Crippen LogP contribution is 2.32. The first-order valence-corrected chi connectivity index (χ1v) is 7.75. The topological polar surface area (TPSA) is 33.6 Å². The molecular formula is C15H12BrN3S. The number of pyridine rings is 1. The van der Waals surface area contributed by atoms with Crippen LogP contribution >= 0.6 is 28.1 Å². The van der Waals surface area contributed by atoms with Crippen molar-refractivity contribution in [1.29, 1.82) is 0 Å². The monoisotopic (exact) mass is 345 g/mol. The predicted molar refractivity (Wildman–Crippen MR) is 85.5 cm³/mol. The third-order valence-electron chi connectivity index (χ3n) is 3.92. The second-order valence-corrected chi connectivity index (χ2v) is 6.46. The van der Waals surface area contributed by atoms with Crippen LogP contribution in [0.5, 0.6) is 0 Å². The van der Waals surface area contributed by atoms with Gasteiger partial charge in [0.2, 0.25) is 0 Å². The fourth-order valence-corrected chi connectivity index (χ4v) is 3.72. The molecule has 0 aliphatic heterocycles. The second kappa shape index (κ2) is 4.53. The number of imidazole rings is 1. The van der Waals surface area contributed by atoms with Gasteiger partial charge in [-0.3, -0.25) is 4.57 Å². The Bertz CT molecular complexity index is 840. The van der Waals surface area contributed by atoms with Gasteiger partial charge in [0.25, 0.3) is 0 Å². The van der Waals surface area contributed by atoms with Crippen LogP contribution in [0, 0.1) is 4.77 Å². The van der Waals surface area contributed by atoms with Crippen molar-refractivity contribution in [3.8, 4) is 0 Å². The van der Waals surface area contributed by atoms with Gasteiger partial charge in [0.15, 0.2) is 10.4 Å². The zero-order chi connectivity index (χ0) is 13.7. The van der Waals surface area contributed by atoms with Gasteiger partial charge in [-0.2, -0.15) is 0 Å². The Hall–Kier alpha value is -1.46. The number of benzene rings is 1. The molecule has 2 aromatic heterocycles. The zero-order valence-electron chi connectivity index (χ0n) is 10.6. The van der Waals surface area contributed by atoms with E-state index in [-0.39, 0.29) is 0 Å². The Labute approximate surface area is 129 Å². The molecule has 100 valence electrons. The molecule has 1 N–H and O–H groups in total. The van der Waals surface area contributed by atoms with E-state index in [1.807, 2.05) is 12.3 Å². The van der Waals surface area contributed by atoms with E-state index in [4.69, 9.17) is 12.2 Å². The molecule has 1 aromatic carbocycles. The van der Waals surface area contributed by atoms with Crippen LogP contribution < -0.4 is 0 Å². The van der Waals surface area contributed by atoms with Crippen molar-refractivity contribution in [3.63, 3.8) is 0 Å². The minimum Gasteiger partial charge on any atom is -0.329 e. The van der Waals surface area contributed by atoms with Crippen molar-refractivity contribution in [3.05, 3.63) is 56.9 Å². The average Bonchev–Trinajstić information content (AvgIpc) is 2.97. The van der Waals surface area contributed by atoms with Crippen molar-refractivity contribution in [1.82, 2.24) is 14.5 Å². The van der Waals surface area contributed by atoms with Gasteiger partial charge in [0, 0.05) is 16.7 Å². The summed E-state index contributed by atoms with van der Waals surface area (Å²) in [5.74, 6) is 0. The number of aromatic amines is 1. The van der Waals surface area contributed by atoms with E-state index in [1.54, 1.807) is 0 Å². The summed E-state index contributed by atoms with van der Waals surface area (Å²) in [5, 5.41) is 0. The molecule has 0 bridgehead atoms. The Balaban J connectivity index is 1.85. The van der Waals surface area contributed by atoms with Crippen LogP contribution in [0.25, 0.3) is 11.2 Å². The fourth-order valence-electron chi connectivity index (χ4n) is 3.04. The number of nitrogens with one attached hydrogen (secondary N) is 1. The van der Waals surface area contributed by atoms with Crippen molar-refractivity contribution in [2.45, 2.75) is 18.9 Å². The SMILES string of the molecule is S=c1[nH]c2cc(Br)cnc2n1C1Cc2ccccc2C1. The molecule has 0 atom stereocenters. The molecule has 0 unspecified atom stereocenters. The highest BCUT2D eigenvalue weighted by molar-refractivity contribution is 9.10. The van der Waals surface area contributed by atoms with E-state index in [1.165, 1.54) is 11.1 Å². The number of rotatable bonds is 1. The van der Waals surface area contributed by atoms with Gasteiger partial charge in [-0.1, -0.05) is 24.3 Å². The summed E-state index contributed by atoms with van der Waals surface area (Å²) in [6, 6.07) is 11.0. The summed E-state index contributed by atoms with van der Waals surface area (Å²) in [6.45, 7) is 0. The van der Waals surface area contributed by atoms with Crippen LogP contribution in [0.2, 0.25) is 0 Å². The van der Waals surface area contributed by atoms with Crippen LogP contribution in [-0.4, -0.2) is 14.5 Å². The normalized spacial score (nSPS) is 14.8. The summed E-state index contributed by atoms with van der Waals surface area (Å²) in [5.41, 5.74) is 4.77. The highest BCUT2D eigenvalue weighted by Gasteiger charge is 2.24. The third-order valence-corrected chi connectivity index (χ3v) is 4.65. The van der Waals surface area contributed by atoms with E-state index >= 15 is 0 Å². The van der Waals surface area contributed by atoms with Crippen LogP contribution in [0.15, 0.2) is 41.0 Å². The number of fused-ring (bicyclic) bond motifs is 2.